The van der Waals surface area contributed by atoms with Crippen molar-refractivity contribution in [1.82, 2.24) is 0 Å². The van der Waals surface area contributed by atoms with Crippen LogP contribution in [0.1, 0.15) is 5.56 Å². The van der Waals surface area contributed by atoms with Gasteiger partial charge in [0.25, 0.3) is 10.0 Å². The van der Waals surface area contributed by atoms with Gasteiger partial charge >= 0.3 is 0 Å². The lowest BCUT2D eigenvalue weighted by Crippen LogP contribution is -2.24. The number of nitrogens with zero attached hydrogens (tertiary/aromatic N) is 1. The van der Waals surface area contributed by atoms with Crippen LogP contribution in [0.5, 0.6) is 0 Å². The Morgan fingerprint density at radius 3 is 2.47 bits per heavy atom. The lowest BCUT2D eigenvalue weighted by molar-refractivity contribution is 0.597. The van der Waals surface area contributed by atoms with Crippen molar-refractivity contribution >= 4 is 16.1 Å². The van der Waals surface area contributed by atoms with Gasteiger partial charge < -0.3 is 0 Å². The lowest BCUT2D eigenvalue weighted by Gasteiger charge is -2.00. The van der Waals surface area contributed by atoms with Gasteiger partial charge in [-0.3, -0.25) is 0 Å². The van der Waals surface area contributed by atoms with Gasteiger partial charge in [-0.05, 0) is 23.8 Å². The van der Waals surface area contributed by atoms with Gasteiger partial charge in [-0.15, -0.1) is 0 Å². The van der Waals surface area contributed by atoms with E-state index in [2.05, 4.69) is 4.40 Å². The molecule has 4 heteroatoms. The Hall–Kier alpha value is -1.94. The van der Waals surface area contributed by atoms with Crippen LogP contribution in [0.15, 0.2) is 57.8 Å². The molecule has 3 rings (SSSR count). The van der Waals surface area contributed by atoms with E-state index >= 15 is 0 Å². The highest BCUT2D eigenvalue weighted by Gasteiger charge is 2.17. The van der Waals surface area contributed by atoms with Crippen LogP contribution in [0.3, 0.4) is 0 Å². The molecule has 2 aromatic carbocycles. The van der Waals surface area contributed by atoms with Gasteiger partial charge in [-0.1, -0.05) is 36.4 Å². The summed E-state index contributed by atoms with van der Waals surface area (Å²) < 4.78 is 28.0. The van der Waals surface area contributed by atoms with Crippen LogP contribution in [0.2, 0.25) is 0 Å². The number of rotatable bonds is 0. The van der Waals surface area contributed by atoms with E-state index in [1.165, 1.54) is 0 Å². The van der Waals surface area contributed by atoms with Crippen LogP contribution in [0.25, 0.3) is 6.08 Å². The molecule has 0 saturated carbocycles. The second-order valence-electron chi connectivity index (χ2n) is 3.81. The smallest absolute Gasteiger partial charge is 0.199 e. The summed E-state index contributed by atoms with van der Waals surface area (Å²) in [5.74, 6) is 0. The minimum Gasteiger partial charge on any atom is -0.199 e. The van der Waals surface area contributed by atoms with Crippen LogP contribution in [0.4, 0.5) is 0 Å². The number of fused-ring (bicyclic) bond motifs is 2. The van der Waals surface area contributed by atoms with Gasteiger partial charge in [0.05, 0.1) is 10.3 Å². The molecular weight excluding hydrogens is 234 g/mol. The summed E-state index contributed by atoms with van der Waals surface area (Å²) in [6, 6.07) is 14.1. The second kappa shape index (κ2) is 3.53. The molecule has 1 aliphatic rings. The van der Waals surface area contributed by atoms with Gasteiger partial charge in [0.15, 0.2) is 0 Å². The largest absolute Gasteiger partial charge is 0.283 e. The van der Waals surface area contributed by atoms with Crippen molar-refractivity contribution < 1.29 is 8.42 Å². The maximum absolute atomic E-state index is 12.1. The molecule has 0 aromatic heterocycles. The van der Waals surface area contributed by atoms with Gasteiger partial charge in [0, 0.05) is 5.22 Å². The molecule has 0 fully saturated rings. The molecular formula is C13H9NO2S. The Kier molecular flexibility index (Phi) is 2.12. The highest BCUT2D eigenvalue weighted by molar-refractivity contribution is 7.90. The number of sulfonamides is 1. The van der Waals surface area contributed by atoms with Crippen molar-refractivity contribution in [2.45, 2.75) is 4.90 Å². The summed E-state index contributed by atoms with van der Waals surface area (Å²) in [4.78, 5) is 0.260. The van der Waals surface area contributed by atoms with Crippen LogP contribution in [0, 0.1) is 0 Å². The van der Waals surface area contributed by atoms with Crippen molar-refractivity contribution in [2.24, 2.45) is 4.40 Å². The third-order valence-electron chi connectivity index (χ3n) is 2.66. The van der Waals surface area contributed by atoms with Crippen LogP contribution < -0.4 is 10.6 Å². The average molecular weight is 243 g/mol. The average Bonchev–Trinajstić information content (AvgIpc) is 2.42. The Labute approximate surface area is 98.8 Å². The molecule has 0 bridgehead atoms. The summed E-state index contributed by atoms with van der Waals surface area (Å²) >= 11 is 0. The molecule has 0 unspecified atom stereocenters. The first-order chi connectivity index (χ1) is 8.17. The van der Waals surface area contributed by atoms with Crippen LogP contribution in [-0.2, 0) is 10.0 Å². The fraction of sp³-hybridized carbons (Fsp3) is 0. The zero-order valence-electron chi connectivity index (χ0n) is 8.87. The van der Waals surface area contributed by atoms with E-state index in [9.17, 15) is 8.42 Å². The first kappa shape index (κ1) is 10.2. The van der Waals surface area contributed by atoms with E-state index in [1.807, 2.05) is 24.3 Å². The zero-order chi connectivity index (χ0) is 11.9. The Morgan fingerprint density at radius 1 is 0.882 bits per heavy atom. The third-order valence-corrected chi connectivity index (χ3v) is 4.03. The molecule has 17 heavy (non-hydrogen) atoms. The molecule has 84 valence electrons. The number of benzene rings is 2. The lowest BCUT2D eigenvalue weighted by atomic mass is 10.1. The standard InChI is InChI=1S/C13H9NO2S/c15-17(16)13-8-4-2-6-11(13)9-10-5-1-3-7-12(10)14-17/h1-9H. The Balaban J connectivity index is 2.55. The SMILES string of the molecule is O=S1(=O)N=c2ccccc2=Cc2ccccc21. The molecule has 0 N–H and O–H groups in total. The van der Waals surface area contributed by atoms with E-state index in [-0.39, 0.29) is 4.90 Å². The molecule has 3 nitrogen and oxygen atoms in total. The predicted molar refractivity (Wildman–Crippen MR) is 64.4 cm³/mol. The second-order valence-corrected chi connectivity index (χ2v) is 5.38. The first-order valence-electron chi connectivity index (χ1n) is 5.18. The summed E-state index contributed by atoms with van der Waals surface area (Å²) in [6.45, 7) is 0. The van der Waals surface area contributed by atoms with Crippen molar-refractivity contribution in [3.63, 3.8) is 0 Å². The number of hydrogen-bond donors (Lipinski definition) is 0. The maximum Gasteiger partial charge on any atom is 0.283 e. The molecule has 0 spiro atoms. The van der Waals surface area contributed by atoms with Crippen molar-refractivity contribution in [3.05, 3.63) is 64.7 Å². The fourth-order valence-corrected chi connectivity index (χ4v) is 3.07. The van der Waals surface area contributed by atoms with E-state index < -0.39 is 10.0 Å². The van der Waals surface area contributed by atoms with Crippen molar-refractivity contribution in [2.75, 3.05) is 0 Å². The highest BCUT2D eigenvalue weighted by Crippen LogP contribution is 2.18. The molecule has 1 aliphatic heterocycles. The van der Waals surface area contributed by atoms with Crippen LogP contribution >= 0.6 is 0 Å². The van der Waals surface area contributed by atoms with E-state index in [4.69, 9.17) is 0 Å². The van der Waals surface area contributed by atoms with Crippen molar-refractivity contribution in [1.29, 1.82) is 0 Å². The van der Waals surface area contributed by atoms with Crippen molar-refractivity contribution in [3.8, 4) is 0 Å². The maximum atomic E-state index is 12.1. The summed E-state index contributed by atoms with van der Waals surface area (Å²) in [7, 11) is -3.60. The summed E-state index contributed by atoms with van der Waals surface area (Å²) in [5.41, 5.74) is 0.682. The van der Waals surface area contributed by atoms with E-state index in [0.717, 1.165) is 5.22 Å². The quantitative estimate of drug-likeness (QED) is 0.688. The highest BCUT2D eigenvalue weighted by atomic mass is 32.2. The summed E-state index contributed by atoms with van der Waals surface area (Å²) in [5, 5.41) is 1.31. The molecule has 2 aromatic rings. The van der Waals surface area contributed by atoms with Crippen LogP contribution in [-0.4, -0.2) is 8.42 Å². The Bertz CT molecular complexity index is 807. The molecule has 1 heterocycles. The number of hydrogen-bond acceptors (Lipinski definition) is 2. The molecule has 0 aliphatic carbocycles. The van der Waals surface area contributed by atoms with E-state index in [0.29, 0.717) is 10.9 Å². The summed E-state index contributed by atoms with van der Waals surface area (Å²) in [6.07, 6.45) is 1.85. The monoisotopic (exact) mass is 243 g/mol. The molecule has 0 amide bonds. The Morgan fingerprint density at radius 2 is 1.59 bits per heavy atom. The third kappa shape index (κ3) is 1.66. The first-order valence-corrected chi connectivity index (χ1v) is 6.62. The predicted octanol–water partition coefficient (Wildman–Crippen LogP) is 0.837. The zero-order valence-corrected chi connectivity index (χ0v) is 9.68. The van der Waals surface area contributed by atoms with Gasteiger partial charge in [-0.2, -0.15) is 12.8 Å². The van der Waals surface area contributed by atoms with E-state index in [1.54, 1.807) is 30.3 Å². The van der Waals surface area contributed by atoms with Gasteiger partial charge in [-0.25, -0.2) is 0 Å². The normalized spacial score (nSPS) is 15.8. The molecule has 0 saturated heterocycles. The minimum absolute atomic E-state index is 0.260. The molecule has 0 radical (unpaired) electrons. The van der Waals surface area contributed by atoms with Gasteiger partial charge in [0.2, 0.25) is 0 Å². The molecule has 0 atom stereocenters. The topological polar surface area (TPSA) is 46.5 Å². The van der Waals surface area contributed by atoms with Gasteiger partial charge in [0.1, 0.15) is 0 Å². The minimum atomic E-state index is -3.60. The fourth-order valence-electron chi connectivity index (χ4n) is 1.87.